The predicted molar refractivity (Wildman–Crippen MR) is 82.4 cm³/mol. The van der Waals surface area contributed by atoms with Gasteiger partial charge >= 0.3 is 0 Å². The number of amidine groups is 1. The van der Waals surface area contributed by atoms with E-state index in [1.54, 1.807) is 6.20 Å². The fourth-order valence-electron chi connectivity index (χ4n) is 2.23. The van der Waals surface area contributed by atoms with Crippen molar-refractivity contribution < 1.29 is 5.21 Å². The normalized spacial score (nSPS) is 13.3. The van der Waals surface area contributed by atoms with Crippen molar-refractivity contribution in [2.45, 2.75) is 12.3 Å². The zero-order chi connectivity index (χ0) is 15.1. The molecule has 0 saturated heterocycles. The quantitative estimate of drug-likeness (QED) is 0.234. The molecule has 0 aliphatic rings. The summed E-state index contributed by atoms with van der Waals surface area (Å²) >= 11 is 0. The van der Waals surface area contributed by atoms with Crippen molar-refractivity contribution in [2.75, 3.05) is 13.1 Å². The Bertz CT molecular complexity index is 579. The van der Waals surface area contributed by atoms with Crippen molar-refractivity contribution in [2.24, 2.45) is 17.9 Å². The third-order valence-electron chi connectivity index (χ3n) is 3.47. The van der Waals surface area contributed by atoms with E-state index >= 15 is 0 Å². The van der Waals surface area contributed by atoms with Crippen molar-refractivity contribution >= 4 is 5.84 Å². The molecule has 1 aromatic carbocycles. The lowest BCUT2D eigenvalue weighted by atomic mass is 9.98. The van der Waals surface area contributed by atoms with Crippen molar-refractivity contribution in [3.05, 3.63) is 54.1 Å². The van der Waals surface area contributed by atoms with Gasteiger partial charge in [-0.15, -0.1) is 0 Å². The van der Waals surface area contributed by atoms with Gasteiger partial charge < -0.3 is 20.8 Å². The van der Waals surface area contributed by atoms with E-state index in [1.807, 2.05) is 48.1 Å². The van der Waals surface area contributed by atoms with E-state index in [4.69, 9.17) is 10.9 Å². The summed E-state index contributed by atoms with van der Waals surface area (Å²) in [5.74, 6) is 1.10. The van der Waals surface area contributed by atoms with Crippen LogP contribution in [0.25, 0.3) is 0 Å². The van der Waals surface area contributed by atoms with E-state index in [0.29, 0.717) is 6.54 Å². The van der Waals surface area contributed by atoms with Gasteiger partial charge in [-0.3, -0.25) is 0 Å². The van der Waals surface area contributed by atoms with E-state index in [-0.39, 0.29) is 11.8 Å². The van der Waals surface area contributed by atoms with Gasteiger partial charge in [-0.05, 0) is 5.56 Å². The highest BCUT2D eigenvalue weighted by Crippen LogP contribution is 2.14. The second-order valence-corrected chi connectivity index (χ2v) is 4.90. The summed E-state index contributed by atoms with van der Waals surface area (Å²) in [6, 6.07) is 9.79. The van der Waals surface area contributed by atoms with E-state index < -0.39 is 0 Å². The van der Waals surface area contributed by atoms with Crippen molar-refractivity contribution in [3.8, 4) is 0 Å². The number of aryl methyl sites for hydroxylation is 1. The van der Waals surface area contributed by atoms with Gasteiger partial charge in [-0.25, -0.2) is 4.98 Å². The average molecular weight is 287 g/mol. The van der Waals surface area contributed by atoms with Crippen LogP contribution < -0.4 is 11.1 Å². The van der Waals surface area contributed by atoms with Crippen LogP contribution in [0.2, 0.25) is 0 Å². The van der Waals surface area contributed by atoms with Crippen LogP contribution >= 0.6 is 0 Å². The minimum absolute atomic E-state index is 0.141. The fourth-order valence-corrected chi connectivity index (χ4v) is 2.23. The number of benzene rings is 1. The zero-order valence-electron chi connectivity index (χ0n) is 12.1. The molecule has 1 aromatic heterocycles. The highest BCUT2D eigenvalue weighted by atomic mass is 16.4. The third kappa shape index (κ3) is 4.06. The topological polar surface area (TPSA) is 88.5 Å². The van der Waals surface area contributed by atoms with Crippen molar-refractivity contribution in [1.29, 1.82) is 0 Å². The van der Waals surface area contributed by atoms with Crippen LogP contribution in [-0.2, 0) is 13.5 Å². The van der Waals surface area contributed by atoms with Gasteiger partial charge in [0, 0.05) is 39.0 Å². The first-order valence-corrected chi connectivity index (χ1v) is 6.91. The molecule has 4 N–H and O–H groups in total. The number of rotatable bonds is 7. The molecular weight excluding hydrogens is 266 g/mol. The maximum absolute atomic E-state index is 8.93. The molecule has 0 aliphatic heterocycles. The molecule has 2 rings (SSSR count). The molecule has 0 aliphatic carbocycles. The van der Waals surface area contributed by atoms with Gasteiger partial charge in [0.25, 0.3) is 0 Å². The Labute approximate surface area is 124 Å². The molecule has 21 heavy (non-hydrogen) atoms. The Morgan fingerprint density at radius 1 is 1.43 bits per heavy atom. The molecule has 0 saturated carbocycles. The molecule has 1 heterocycles. The summed E-state index contributed by atoms with van der Waals surface area (Å²) in [5, 5.41) is 15.4. The summed E-state index contributed by atoms with van der Waals surface area (Å²) in [5.41, 5.74) is 6.82. The maximum atomic E-state index is 8.93. The summed E-state index contributed by atoms with van der Waals surface area (Å²) < 4.78 is 2.00. The van der Waals surface area contributed by atoms with Crippen LogP contribution in [0, 0.1) is 0 Å². The summed E-state index contributed by atoms with van der Waals surface area (Å²) in [6.07, 6.45) is 4.55. The molecule has 0 radical (unpaired) electrons. The van der Waals surface area contributed by atoms with Gasteiger partial charge in [0.15, 0.2) is 0 Å². The molecule has 0 fully saturated rings. The first kappa shape index (κ1) is 15.1. The Morgan fingerprint density at radius 3 is 2.81 bits per heavy atom. The van der Waals surface area contributed by atoms with Crippen LogP contribution in [0.3, 0.4) is 0 Å². The molecule has 0 bridgehead atoms. The lowest BCUT2D eigenvalue weighted by Crippen LogP contribution is -2.32. The molecule has 2 aromatic rings. The second-order valence-electron chi connectivity index (χ2n) is 4.90. The first-order chi connectivity index (χ1) is 10.2. The van der Waals surface area contributed by atoms with Gasteiger partial charge in [-0.2, -0.15) is 0 Å². The molecule has 6 heteroatoms. The molecular formula is C15H21N5O. The predicted octanol–water partition coefficient (Wildman–Crippen LogP) is 1.08. The minimum Gasteiger partial charge on any atom is -0.409 e. The standard InChI is InChI=1S/C15H21N5O/c1-20-10-9-18-14(20)7-8-17-11-13(15(16)19-21)12-5-3-2-4-6-12/h2-6,9-10,13,17,21H,7-8,11H2,1H3,(H2,16,19). The number of oxime groups is 1. The summed E-state index contributed by atoms with van der Waals surface area (Å²) in [6.45, 7) is 1.40. The minimum atomic E-state index is -0.141. The van der Waals surface area contributed by atoms with E-state index in [1.165, 1.54) is 0 Å². The van der Waals surface area contributed by atoms with Crippen LogP contribution in [-0.4, -0.2) is 33.7 Å². The Kier molecular flexibility index (Phi) is 5.34. The van der Waals surface area contributed by atoms with Crippen LogP contribution in [0.5, 0.6) is 0 Å². The van der Waals surface area contributed by atoms with Crippen molar-refractivity contribution in [1.82, 2.24) is 14.9 Å². The van der Waals surface area contributed by atoms with Gasteiger partial charge in [0.2, 0.25) is 0 Å². The number of imidazole rings is 1. The number of nitrogens with two attached hydrogens (primary N) is 1. The maximum Gasteiger partial charge on any atom is 0.147 e. The number of hydrogen-bond acceptors (Lipinski definition) is 4. The summed E-state index contributed by atoms with van der Waals surface area (Å²) in [7, 11) is 1.98. The second kappa shape index (κ2) is 7.44. The largest absolute Gasteiger partial charge is 0.409 e. The number of nitrogens with zero attached hydrogens (tertiary/aromatic N) is 3. The van der Waals surface area contributed by atoms with Crippen LogP contribution in [0.15, 0.2) is 47.9 Å². The van der Waals surface area contributed by atoms with Gasteiger partial charge in [-0.1, -0.05) is 35.5 Å². The van der Waals surface area contributed by atoms with E-state index in [9.17, 15) is 0 Å². The van der Waals surface area contributed by atoms with E-state index in [0.717, 1.165) is 24.4 Å². The number of aromatic nitrogens is 2. The van der Waals surface area contributed by atoms with Gasteiger partial charge in [0.05, 0.1) is 5.92 Å². The van der Waals surface area contributed by atoms with Crippen LogP contribution in [0.1, 0.15) is 17.3 Å². The molecule has 1 atom stereocenters. The Hall–Kier alpha value is -2.34. The monoisotopic (exact) mass is 287 g/mol. The van der Waals surface area contributed by atoms with Gasteiger partial charge in [0.1, 0.15) is 11.7 Å². The van der Waals surface area contributed by atoms with Crippen LogP contribution in [0.4, 0.5) is 0 Å². The Morgan fingerprint density at radius 2 is 2.19 bits per heavy atom. The van der Waals surface area contributed by atoms with E-state index in [2.05, 4.69) is 15.5 Å². The molecule has 112 valence electrons. The number of hydrogen-bond donors (Lipinski definition) is 3. The lowest BCUT2D eigenvalue weighted by Gasteiger charge is -2.16. The molecule has 6 nitrogen and oxygen atoms in total. The lowest BCUT2D eigenvalue weighted by molar-refractivity contribution is 0.315. The fraction of sp³-hybridized carbons (Fsp3) is 0.333. The SMILES string of the molecule is Cn1ccnc1CCNCC(C(N)=NO)c1ccccc1. The smallest absolute Gasteiger partial charge is 0.147 e. The summed E-state index contributed by atoms with van der Waals surface area (Å²) in [4.78, 5) is 4.28. The highest BCUT2D eigenvalue weighted by Gasteiger charge is 2.15. The average Bonchev–Trinajstić information content (AvgIpc) is 2.93. The third-order valence-corrected chi connectivity index (χ3v) is 3.47. The van der Waals surface area contributed by atoms with Crippen molar-refractivity contribution in [3.63, 3.8) is 0 Å². The molecule has 1 unspecified atom stereocenters. The first-order valence-electron chi connectivity index (χ1n) is 6.91. The molecule has 0 spiro atoms. The molecule has 0 amide bonds. The zero-order valence-corrected chi connectivity index (χ0v) is 12.1. The Balaban J connectivity index is 1.90. The highest BCUT2D eigenvalue weighted by molar-refractivity contribution is 5.87. The number of nitrogens with one attached hydrogen (secondary N) is 1.